The molecule has 1 N–H and O–H groups in total. The molecule has 1 aliphatic carbocycles. The van der Waals surface area contributed by atoms with Crippen LogP contribution in [0, 0.1) is 17.3 Å². The molecule has 0 amide bonds. The molecule has 0 bridgehead atoms. The van der Waals surface area contributed by atoms with Gasteiger partial charge in [-0.2, -0.15) is 0 Å². The maximum atomic E-state index is 11.5. The Labute approximate surface area is 105 Å². The summed E-state index contributed by atoms with van der Waals surface area (Å²) in [6.45, 7) is 7.68. The monoisotopic (exact) mass is 242 g/mol. The molecule has 0 aromatic heterocycles. The van der Waals surface area contributed by atoms with Crippen LogP contribution in [0.5, 0.6) is 0 Å². The van der Waals surface area contributed by atoms with E-state index in [-0.39, 0.29) is 0 Å². The molecule has 3 heteroatoms. The fraction of sp³-hybridized carbons (Fsp3) is 0.929. The van der Waals surface area contributed by atoms with Gasteiger partial charge in [0, 0.05) is 13.2 Å². The van der Waals surface area contributed by atoms with E-state index >= 15 is 0 Å². The second-order valence-electron chi connectivity index (χ2n) is 5.82. The van der Waals surface area contributed by atoms with Gasteiger partial charge >= 0.3 is 5.97 Å². The average Bonchev–Trinajstić information content (AvgIpc) is 2.69. The van der Waals surface area contributed by atoms with E-state index in [9.17, 15) is 9.90 Å². The van der Waals surface area contributed by atoms with Crippen LogP contribution in [0.1, 0.15) is 52.9 Å². The van der Waals surface area contributed by atoms with Crippen LogP contribution in [0.3, 0.4) is 0 Å². The normalized spacial score (nSPS) is 28.8. The molecule has 17 heavy (non-hydrogen) atoms. The van der Waals surface area contributed by atoms with Gasteiger partial charge in [-0.3, -0.25) is 4.79 Å². The fourth-order valence-corrected chi connectivity index (χ4v) is 2.70. The summed E-state index contributed by atoms with van der Waals surface area (Å²) in [5, 5.41) is 9.43. The van der Waals surface area contributed by atoms with Gasteiger partial charge in [0.1, 0.15) is 0 Å². The molecule has 2 unspecified atom stereocenters. The first kappa shape index (κ1) is 14.5. The lowest BCUT2D eigenvalue weighted by atomic mass is 9.82. The number of aliphatic carboxylic acids is 1. The van der Waals surface area contributed by atoms with Gasteiger partial charge in [0.05, 0.1) is 5.41 Å². The highest BCUT2D eigenvalue weighted by atomic mass is 16.5. The lowest BCUT2D eigenvalue weighted by Crippen LogP contribution is -2.30. The number of ether oxygens (including phenoxy) is 1. The molecular weight excluding hydrogens is 216 g/mol. The Morgan fingerprint density at radius 3 is 2.71 bits per heavy atom. The van der Waals surface area contributed by atoms with Gasteiger partial charge in [0.15, 0.2) is 0 Å². The molecule has 0 radical (unpaired) electrons. The molecule has 1 rings (SSSR count). The van der Waals surface area contributed by atoms with Gasteiger partial charge in [-0.1, -0.05) is 27.2 Å². The van der Waals surface area contributed by atoms with Gasteiger partial charge in [-0.05, 0) is 37.5 Å². The summed E-state index contributed by atoms with van der Waals surface area (Å²) >= 11 is 0. The SMILES string of the molecule is CCC1CCC(CCOCC(C)C)(C(=O)O)C1. The van der Waals surface area contributed by atoms with E-state index in [2.05, 4.69) is 20.8 Å². The molecule has 0 aromatic carbocycles. The van der Waals surface area contributed by atoms with Crippen molar-refractivity contribution in [3.63, 3.8) is 0 Å². The zero-order chi connectivity index (χ0) is 12.9. The van der Waals surface area contributed by atoms with Crippen LogP contribution >= 0.6 is 0 Å². The highest BCUT2D eigenvalue weighted by Crippen LogP contribution is 2.45. The van der Waals surface area contributed by atoms with E-state index in [1.807, 2.05) is 0 Å². The summed E-state index contributed by atoms with van der Waals surface area (Å²) in [7, 11) is 0. The lowest BCUT2D eigenvalue weighted by molar-refractivity contribution is -0.150. The van der Waals surface area contributed by atoms with E-state index in [1.165, 1.54) is 0 Å². The fourth-order valence-electron chi connectivity index (χ4n) is 2.70. The summed E-state index contributed by atoms with van der Waals surface area (Å²) in [5.41, 5.74) is -0.502. The molecule has 1 saturated carbocycles. The van der Waals surface area contributed by atoms with E-state index in [0.29, 0.717) is 24.9 Å². The maximum Gasteiger partial charge on any atom is 0.309 e. The summed E-state index contributed by atoms with van der Waals surface area (Å²) < 4.78 is 5.54. The van der Waals surface area contributed by atoms with Crippen LogP contribution in [0.15, 0.2) is 0 Å². The largest absolute Gasteiger partial charge is 0.481 e. The average molecular weight is 242 g/mol. The van der Waals surface area contributed by atoms with Crippen molar-refractivity contribution in [2.45, 2.75) is 52.9 Å². The van der Waals surface area contributed by atoms with Crippen molar-refractivity contribution in [2.75, 3.05) is 13.2 Å². The Kier molecular flexibility index (Phi) is 5.44. The van der Waals surface area contributed by atoms with E-state index in [1.54, 1.807) is 0 Å². The zero-order valence-corrected chi connectivity index (χ0v) is 11.4. The molecule has 0 heterocycles. The van der Waals surface area contributed by atoms with Crippen LogP contribution in [0.25, 0.3) is 0 Å². The molecule has 1 aliphatic rings. The van der Waals surface area contributed by atoms with Crippen molar-refractivity contribution < 1.29 is 14.6 Å². The topological polar surface area (TPSA) is 46.5 Å². The number of rotatable bonds is 7. The van der Waals surface area contributed by atoms with E-state index in [0.717, 1.165) is 32.3 Å². The van der Waals surface area contributed by atoms with Gasteiger partial charge in [-0.15, -0.1) is 0 Å². The first-order valence-corrected chi connectivity index (χ1v) is 6.81. The first-order chi connectivity index (χ1) is 8.00. The minimum atomic E-state index is -0.624. The highest BCUT2D eigenvalue weighted by molar-refractivity contribution is 5.75. The zero-order valence-electron chi connectivity index (χ0n) is 11.4. The molecule has 0 aromatic rings. The van der Waals surface area contributed by atoms with Crippen molar-refractivity contribution in [1.29, 1.82) is 0 Å². The molecule has 1 fully saturated rings. The molecule has 2 atom stereocenters. The van der Waals surface area contributed by atoms with Crippen LogP contribution in [0.2, 0.25) is 0 Å². The second kappa shape index (κ2) is 6.39. The predicted octanol–water partition coefficient (Wildman–Crippen LogP) is 3.33. The van der Waals surface area contributed by atoms with Crippen molar-refractivity contribution >= 4 is 5.97 Å². The summed E-state index contributed by atoms with van der Waals surface area (Å²) in [4.78, 5) is 11.5. The number of carboxylic acids is 1. The van der Waals surface area contributed by atoms with Crippen molar-refractivity contribution in [3.8, 4) is 0 Å². The molecule has 0 saturated heterocycles. The summed E-state index contributed by atoms with van der Waals surface area (Å²) in [6.07, 6.45) is 4.50. The Balaban J connectivity index is 2.42. The highest BCUT2D eigenvalue weighted by Gasteiger charge is 2.44. The maximum absolute atomic E-state index is 11.5. The van der Waals surface area contributed by atoms with Crippen LogP contribution in [0.4, 0.5) is 0 Å². The first-order valence-electron chi connectivity index (χ1n) is 6.81. The molecule has 0 aliphatic heterocycles. The van der Waals surface area contributed by atoms with Gasteiger partial charge in [0.25, 0.3) is 0 Å². The standard InChI is InChI=1S/C14H26O3/c1-4-12-5-6-14(9-12,13(15)16)7-8-17-10-11(2)3/h11-12H,4-10H2,1-3H3,(H,15,16). The van der Waals surface area contributed by atoms with Crippen molar-refractivity contribution in [2.24, 2.45) is 17.3 Å². The van der Waals surface area contributed by atoms with Crippen LogP contribution in [-0.4, -0.2) is 24.3 Å². The Bertz CT molecular complexity index is 250. The number of carboxylic acid groups (broad SMARTS) is 1. The predicted molar refractivity (Wildman–Crippen MR) is 68.0 cm³/mol. The van der Waals surface area contributed by atoms with Crippen LogP contribution in [-0.2, 0) is 9.53 Å². The van der Waals surface area contributed by atoms with E-state index in [4.69, 9.17) is 4.74 Å². The smallest absolute Gasteiger partial charge is 0.309 e. The lowest BCUT2D eigenvalue weighted by Gasteiger charge is -2.24. The molecule has 100 valence electrons. The van der Waals surface area contributed by atoms with E-state index < -0.39 is 11.4 Å². The Hall–Kier alpha value is -0.570. The Morgan fingerprint density at radius 2 is 2.24 bits per heavy atom. The summed E-state index contributed by atoms with van der Waals surface area (Å²) in [5.74, 6) is 0.487. The second-order valence-corrected chi connectivity index (χ2v) is 5.82. The molecule has 3 nitrogen and oxygen atoms in total. The Morgan fingerprint density at radius 1 is 1.53 bits per heavy atom. The minimum absolute atomic E-state index is 0.502. The molecular formula is C14H26O3. The van der Waals surface area contributed by atoms with Crippen molar-refractivity contribution in [3.05, 3.63) is 0 Å². The van der Waals surface area contributed by atoms with Crippen LogP contribution < -0.4 is 0 Å². The molecule has 0 spiro atoms. The third-order valence-electron chi connectivity index (χ3n) is 3.92. The number of hydrogen-bond acceptors (Lipinski definition) is 2. The van der Waals surface area contributed by atoms with Gasteiger partial charge < -0.3 is 9.84 Å². The minimum Gasteiger partial charge on any atom is -0.481 e. The quantitative estimate of drug-likeness (QED) is 0.696. The number of hydrogen-bond donors (Lipinski definition) is 1. The third-order valence-corrected chi connectivity index (χ3v) is 3.92. The summed E-state index contributed by atoms with van der Waals surface area (Å²) in [6, 6.07) is 0. The van der Waals surface area contributed by atoms with Crippen molar-refractivity contribution in [1.82, 2.24) is 0 Å². The van der Waals surface area contributed by atoms with Gasteiger partial charge in [-0.25, -0.2) is 0 Å². The van der Waals surface area contributed by atoms with Gasteiger partial charge in [0.2, 0.25) is 0 Å². The number of carbonyl (C=O) groups is 1. The third kappa shape index (κ3) is 3.98.